The van der Waals surface area contributed by atoms with Crippen molar-refractivity contribution in [2.45, 2.75) is 11.9 Å². The van der Waals surface area contributed by atoms with E-state index in [2.05, 4.69) is 31.2 Å². The van der Waals surface area contributed by atoms with Crippen molar-refractivity contribution in [3.63, 3.8) is 0 Å². The van der Waals surface area contributed by atoms with E-state index in [4.69, 9.17) is 0 Å². The van der Waals surface area contributed by atoms with Crippen molar-refractivity contribution < 1.29 is 18.3 Å². The minimum absolute atomic E-state index is 0. The molecule has 0 saturated heterocycles. The Kier molecular flexibility index (Phi) is 4.94. The van der Waals surface area contributed by atoms with E-state index in [1.54, 1.807) is 0 Å². The molecule has 0 heterocycles. The molecule has 0 aromatic heterocycles. The van der Waals surface area contributed by atoms with Crippen LogP contribution in [-0.4, -0.2) is 0 Å². The predicted octanol–water partition coefficient (Wildman–Crippen LogP) is 2.46. The van der Waals surface area contributed by atoms with Crippen LogP contribution in [0, 0.1) is 6.92 Å². The third-order valence-corrected chi connectivity index (χ3v) is 2.66. The van der Waals surface area contributed by atoms with Crippen LogP contribution in [0.2, 0.25) is 0 Å². The minimum atomic E-state index is 0. The van der Waals surface area contributed by atoms with Crippen LogP contribution in [0.15, 0.2) is 24.3 Å². The van der Waals surface area contributed by atoms with E-state index in [0.29, 0.717) is 0 Å². The average molecular weight is 207 g/mol. The van der Waals surface area contributed by atoms with Crippen LogP contribution in [0.4, 0.5) is 0 Å². The molecule has 0 fully saturated rings. The van der Waals surface area contributed by atoms with Gasteiger partial charge in [-0.1, -0.05) is 0 Å². The van der Waals surface area contributed by atoms with E-state index < -0.39 is 0 Å². The SMILES string of the molecule is Cc1ccccc1[CH2][Zn].Cl. The van der Waals surface area contributed by atoms with Crippen molar-refractivity contribution in [3.8, 4) is 0 Å². The first kappa shape index (κ1) is 10.1. The fraction of sp³-hybridized carbons (Fsp3) is 0.250. The zero-order valence-electron chi connectivity index (χ0n) is 6.13. The second-order valence-electron chi connectivity index (χ2n) is 2.18. The summed E-state index contributed by atoms with van der Waals surface area (Å²) in [4.78, 5) is 0. The number of benzene rings is 1. The van der Waals surface area contributed by atoms with Gasteiger partial charge in [-0.05, 0) is 0 Å². The third-order valence-electron chi connectivity index (χ3n) is 1.53. The van der Waals surface area contributed by atoms with Gasteiger partial charge in [0.1, 0.15) is 0 Å². The largest absolute Gasteiger partial charge is 0.147 e. The molecule has 1 aromatic carbocycles. The molecule has 10 heavy (non-hydrogen) atoms. The van der Waals surface area contributed by atoms with Gasteiger partial charge in [0, 0.05) is 0 Å². The predicted molar refractivity (Wildman–Crippen MR) is 42.1 cm³/mol. The van der Waals surface area contributed by atoms with Gasteiger partial charge in [-0.3, -0.25) is 0 Å². The summed E-state index contributed by atoms with van der Waals surface area (Å²) in [5.74, 6) is 0. The maximum atomic E-state index is 2.21. The number of hydrogen-bond acceptors (Lipinski definition) is 0. The molecule has 0 aliphatic heterocycles. The van der Waals surface area contributed by atoms with Gasteiger partial charge in [-0.15, -0.1) is 12.4 Å². The van der Waals surface area contributed by atoms with Crippen LogP contribution < -0.4 is 0 Å². The normalized spacial score (nSPS) is 8.70. The second-order valence-corrected chi connectivity index (χ2v) is 3.23. The maximum absolute atomic E-state index is 2.21. The second kappa shape index (κ2) is 4.87. The summed E-state index contributed by atoms with van der Waals surface area (Å²) in [5, 5.41) is 1.27. The first-order valence-electron chi connectivity index (χ1n) is 3.18. The molecular weight excluding hydrogens is 197 g/mol. The van der Waals surface area contributed by atoms with Crippen molar-refractivity contribution in [2.75, 3.05) is 0 Å². The fourth-order valence-electron chi connectivity index (χ4n) is 0.891. The van der Waals surface area contributed by atoms with E-state index in [1.165, 1.54) is 34.4 Å². The topological polar surface area (TPSA) is 0 Å². The van der Waals surface area contributed by atoms with Crippen LogP contribution in [0.25, 0.3) is 0 Å². The maximum Gasteiger partial charge on any atom is -0.147 e. The Labute approximate surface area is 78.1 Å². The van der Waals surface area contributed by atoms with Crippen molar-refractivity contribution in [2.24, 2.45) is 0 Å². The minimum Gasteiger partial charge on any atom is -0.147 e. The molecule has 0 saturated carbocycles. The van der Waals surface area contributed by atoms with Crippen LogP contribution in [0.1, 0.15) is 11.1 Å². The summed E-state index contributed by atoms with van der Waals surface area (Å²) in [6, 6.07) is 8.58. The Balaban J connectivity index is 0.000000810. The molecule has 0 spiro atoms. The number of halogens is 1. The molecule has 0 unspecified atom stereocenters. The number of hydrogen-bond donors (Lipinski definition) is 0. The van der Waals surface area contributed by atoms with Crippen molar-refractivity contribution in [3.05, 3.63) is 35.4 Å². The molecule has 0 radical (unpaired) electrons. The van der Waals surface area contributed by atoms with Gasteiger partial charge in [0.2, 0.25) is 0 Å². The fourth-order valence-corrected chi connectivity index (χ4v) is 2.07. The first-order chi connectivity index (χ1) is 4.34. The number of aryl methyl sites for hydroxylation is 1. The Hall–Kier alpha value is 0.133. The van der Waals surface area contributed by atoms with Gasteiger partial charge < -0.3 is 0 Å². The van der Waals surface area contributed by atoms with E-state index in [9.17, 15) is 0 Å². The van der Waals surface area contributed by atoms with E-state index >= 15 is 0 Å². The molecule has 0 aliphatic rings. The van der Waals surface area contributed by atoms with E-state index in [0.717, 1.165) is 0 Å². The van der Waals surface area contributed by atoms with Crippen LogP contribution >= 0.6 is 12.4 Å². The first-order valence-corrected chi connectivity index (χ1v) is 5.28. The zero-order valence-corrected chi connectivity index (χ0v) is 9.92. The summed E-state index contributed by atoms with van der Waals surface area (Å²) < 4.78 is 0. The summed E-state index contributed by atoms with van der Waals surface area (Å²) in [6.07, 6.45) is 0. The Morgan fingerprint density at radius 1 is 1.30 bits per heavy atom. The van der Waals surface area contributed by atoms with Crippen LogP contribution in [0.5, 0.6) is 0 Å². The van der Waals surface area contributed by atoms with Gasteiger partial charge in [-0.2, -0.15) is 0 Å². The molecule has 0 nitrogen and oxygen atoms in total. The van der Waals surface area contributed by atoms with E-state index in [-0.39, 0.29) is 12.4 Å². The quantitative estimate of drug-likeness (QED) is 0.620. The Morgan fingerprint density at radius 2 is 1.90 bits per heavy atom. The summed E-state index contributed by atoms with van der Waals surface area (Å²) >= 11 is 1.37. The van der Waals surface area contributed by atoms with Gasteiger partial charge >= 0.3 is 65.6 Å². The van der Waals surface area contributed by atoms with E-state index in [1.807, 2.05) is 0 Å². The molecular formula is C8H10ClZn. The Bertz CT molecular complexity index is 198. The molecule has 1 aromatic rings. The molecule has 51 valence electrons. The summed E-state index contributed by atoms with van der Waals surface area (Å²) in [7, 11) is 0. The molecule has 1 rings (SSSR count). The number of rotatable bonds is 1. The van der Waals surface area contributed by atoms with Crippen molar-refractivity contribution in [1.82, 2.24) is 0 Å². The van der Waals surface area contributed by atoms with Crippen LogP contribution in [0.3, 0.4) is 0 Å². The molecule has 2 heteroatoms. The molecule has 0 bridgehead atoms. The molecule has 0 N–H and O–H groups in total. The molecule has 0 aliphatic carbocycles. The van der Waals surface area contributed by atoms with Gasteiger partial charge in [0.05, 0.1) is 0 Å². The summed E-state index contributed by atoms with van der Waals surface area (Å²) in [5.41, 5.74) is 2.95. The van der Waals surface area contributed by atoms with Crippen molar-refractivity contribution >= 4 is 12.4 Å². The molecule has 0 amide bonds. The van der Waals surface area contributed by atoms with Crippen molar-refractivity contribution in [1.29, 1.82) is 0 Å². The van der Waals surface area contributed by atoms with Gasteiger partial charge in [0.25, 0.3) is 0 Å². The monoisotopic (exact) mass is 205 g/mol. The van der Waals surface area contributed by atoms with Crippen LogP contribution in [-0.2, 0) is 23.3 Å². The van der Waals surface area contributed by atoms with Gasteiger partial charge in [-0.25, -0.2) is 0 Å². The smallest absolute Gasteiger partial charge is 0.147 e. The van der Waals surface area contributed by atoms with Gasteiger partial charge in [0.15, 0.2) is 0 Å². The zero-order chi connectivity index (χ0) is 6.69. The standard InChI is InChI=1S/C8H9.ClH.Zn/c1-7-5-3-4-6-8(7)2;;/h3-6H,1H2,2H3;1H;. The Morgan fingerprint density at radius 3 is 2.30 bits per heavy atom. The average Bonchev–Trinajstić information content (AvgIpc) is 1.89. The summed E-state index contributed by atoms with van der Waals surface area (Å²) in [6.45, 7) is 2.17. The molecule has 0 atom stereocenters. The third kappa shape index (κ3) is 2.40.